The molecule has 0 heterocycles. The lowest BCUT2D eigenvalue weighted by Gasteiger charge is -2.12. The standard InChI is InChI=1S/C9H9ClIN3/c1-13-8-6(9(12)14-2)3-5(10)4-7(8)11/h3-4H,2,12H2,1H3/b9-6-,13-8+. The Kier molecular flexibility index (Phi) is 3.88. The van der Waals surface area contributed by atoms with Crippen molar-refractivity contribution in [2.24, 2.45) is 15.7 Å². The van der Waals surface area contributed by atoms with Crippen LogP contribution >= 0.6 is 34.2 Å². The van der Waals surface area contributed by atoms with Crippen LogP contribution in [-0.2, 0) is 0 Å². The Morgan fingerprint density at radius 3 is 2.71 bits per heavy atom. The van der Waals surface area contributed by atoms with Crippen LogP contribution in [0.2, 0.25) is 0 Å². The summed E-state index contributed by atoms with van der Waals surface area (Å²) in [5.74, 6) is 0.339. The highest BCUT2D eigenvalue weighted by molar-refractivity contribution is 14.1. The molecule has 2 N–H and O–H groups in total. The molecule has 0 aromatic heterocycles. The van der Waals surface area contributed by atoms with Crippen molar-refractivity contribution >= 4 is 46.6 Å². The fourth-order valence-corrected chi connectivity index (χ4v) is 2.34. The third-order valence-electron chi connectivity index (χ3n) is 1.70. The Morgan fingerprint density at radius 1 is 1.57 bits per heavy atom. The number of nitrogens with two attached hydrogens (primary N) is 1. The van der Waals surface area contributed by atoms with Crippen molar-refractivity contribution in [3.63, 3.8) is 0 Å². The minimum atomic E-state index is 0.339. The number of nitrogens with zero attached hydrogens (tertiary/aromatic N) is 2. The van der Waals surface area contributed by atoms with E-state index in [0.717, 1.165) is 14.9 Å². The molecule has 3 nitrogen and oxygen atoms in total. The van der Waals surface area contributed by atoms with E-state index in [4.69, 9.17) is 17.3 Å². The van der Waals surface area contributed by atoms with Crippen molar-refractivity contribution in [2.45, 2.75) is 0 Å². The fraction of sp³-hybridized carbons (Fsp3) is 0.111. The van der Waals surface area contributed by atoms with Gasteiger partial charge in [-0.1, -0.05) is 11.6 Å². The van der Waals surface area contributed by atoms with Gasteiger partial charge >= 0.3 is 0 Å². The molecule has 1 aliphatic rings. The van der Waals surface area contributed by atoms with E-state index in [1.54, 1.807) is 13.1 Å². The monoisotopic (exact) mass is 321 g/mol. The average molecular weight is 322 g/mol. The first-order valence-corrected chi connectivity index (χ1v) is 5.24. The Morgan fingerprint density at radius 2 is 2.21 bits per heavy atom. The first-order chi connectivity index (χ1) is 6.60. The van der Waals surface area contributed by atoms with Crippen LogP contribution in [0.25, 0.3) is 0 Å². The van der Waals surface area contributed by atoms with Crippen molar-refractivity contribution in [1.29, 1.82) is 0 Å². The van der Waals surface area contributed by atoms with Crippen molar-refractivity contribution in [3.8, 4) is 0 Å². The van der Waals surface area contributed by atoms with E-state index >= 15 is 0 Å². The van der Waals surface area contributed by atoms with Gasteiger partial charge in [-0.25, -0.2) is 4.99 Å². The summed E-state index contributed by atoms with van der Waals surface area (Å²) in [6, 6.07) is 0. The van der Waals surface area contributed by atoms with Crippen molar-refractivity contribution in [1.82, 2.24) is 0 Å². The lowest BCUT2D eigenvalue weighted by atomic mass is 10.1. The molecule has 1 rings (SSSR count). The van der Waals surface area contributed by atoms with Gasteiger partial charge in [-0.15, -0.1) is 0 Å². The number of hydrogen-bond donors (Lipinski definition) is 1. The highest BCUT2D eigenvalue weighted by Gasteiger charge is 2.16. The zero-order chi connectivity index (χ0) is 10.7. The summed E-state index contributed by atoms with van der Waals surface area (Å²) in [4.78, 5) is 7.80. The Balaban J connectivity index is 3.34. The summed E-state index contributed by atoms with van der Waals surface area (Å²) in [6.07, 6.45) is 3.56. The van der Waals surface area contributed by atoms with Gasteiger partial charge in [0, 0.05) is 21.2 Å². The van der Waals surface area contributed by atoms with Gasteiger partial charge in [0.05, 0.1) is 5.71 Å². The van der Waals surface area contributed by atoms with Gasteiger partial charge in [-0.05, 0) is 41.5 Å². The molecule has 5 heteroatoms. The molecular formula is C9H9ClIN3. The van der Waals surface area contributed by atoms with Gasteiger partial charge in [0.1, 0.15) is 5.82 Å². The van der Waals surface area contributed by atoms with Crippen LogP contribution in [0.4, 0.5) is 0 Å². The summed E-state index contributed by atoms with van der Waals surface area (Å²) >= 11 is 8.05. The van der Waals surface area contributed by atoms with Crippen LogP contribution in [0.5, 0.6) is 0 Å². The molecule has 1 aliphatic carbocycles. The zero-order valence-electron chi connectivity index (χ0n) is 7.59. The predicted octanol–water partition coefficient (Wildman–Crippen LogP) is 2.38. The molecule has 0 saturated heterocycles. The molecule has 0 amide bonds. The highest BCUT2D eigenvalue weighted by Crippen LogP contribution is 2.27. The highest BCUT2D eigenvalue weighted by atomic mass is 127. The van der Waals surface area contributed by atoms with Gasteiger partial charge in [-0.2, -0.15) is 0 Å². The van der Waals surface area contributed by atoms with E-state index in [-0.39, 0.29) is 0 Å². The second-order valence-electron chi connectivity index (χ2n) is 2.55. The van der Waals surface area contributed by atoms with Crippen LogP contribution in [0.3, 0.4) is 0 Å². The van der Waals surface area contributed by atoms with Gasteiger partial charge in [0.25, 0.3) is 0 Å². The van der Waals surface area contributed by atoms with Crippen LogP contribution in [0.1, 0.15) is 0 Å². The average Bonchev–Trinajstić information content (AvgIpc) is 2.15. The summed E-state index contributed by atoms with van der Waals surface area (Å²) in [5.41, 5.74) is 7.19. The number of hydrogen-bond acceptors (Lipinski definition) is 3. The van der Waals surface area contributed by atoms with Crippen LogP contribution in [0, 0.1) is 0 Å². The lowest BCUT2D eigenvalue weighted by molar-refractivity contribution is 1.23. The number of allylic oxidation sites excluding steroid dienone is 5. The predicted molar refractivity (Wildman–Crippen MR) is 70.2 cm³/mol. The maximum atomic E-state index is 5.90. The van der Waals surface area contributed by atoms with Crippen molar-refractivity contribution in [2.75, 3.05) is 7.05 Å². The molecule has 0 aromatic carbocycles. The van der Waals surface area contributed by atoms with Crippen LogP contribution < -0.4 is 5.73 Å². The summed E-state index contributed by atoms with van der Waals surface area (Å²) in [6.45, 7) is 3.37. The molecule has 0 aliphatic heterocycles. The zero-order valence-corrected chi connectivity index (χ0v) is 10.5. The van der Waals surface area contributed by atoms with Crippen molar-refractivity contribution in [3.05, 3.63) is 32.2 Å². The first-order valence-electron chi connectivity index (χ1n) is 3.78. The second kappa shape index (κ2) is 4.75. The maximum Gasteiger partial charge on any atom is 0.132 e. The molecule has 14 heavy (non-hydrogen) atoms. The normalized spacial score (nSPS) is 22.9. The third-order valence-corrected chi connectivity index (χ3v) is 2.74. The fourth-order valence-electron chi connectivity index (χ4n) is 1.07. The van der Waals surface area contributed by atoms with Gasteiger partial charge in [-0.3, -0.25) is 4.99 Å². The molecule has 0 unspecified atom stereocenters. The van der Waals surface area contributed by atoms with Crippen LogP contribution in [0.15, 0.2) is 42.1 Å². The molecule has 0 radical (unpaired) electrons. The first kappa shape index (κ1) is 11.5. The topological polar surface area (TPSA) is 50.7 Å². The quantitative estimate of drug-likeness (QED) is 0.585. The Bertz CT molecular complexity index is 391. The molecule has 0 saturated carbocycles. The third kappa shape index (κ3) is 2.24. The van der Waals surface area contributed by atoms with Gasteiger partial charge < -0.3 is 5.73 Å². The van der Waals surface area contributed by atoms with Crippen LogP contribution in [-0.4, -0.2) is 19.5 Å². The van der Waals surface area contributed by atoms with E-state index in [1.165, 1.54) is 0 Å². The van der Waals surface area contributed by atoms with E-state index in [2.05, 4.69) is 39.3 Å². The molecule has 0 fully saturated rings. The van der Waals surface area contributed by atoms with Gasteiger partial charge in [0.15, 0.2) is 0 Å². The maximum absolute atomic E-state index is 5.90. The number of halogens is 2. The van der Waals surface area contributed by atoms with E-state index in [9.17, 15) is 0 Å². The van der Waals surface area contributed by atoms with E-state index in [0.29, 0.717) is 10.9 Å². The molecule has 0 spiro atoms. The molecule has 74 valence electrons. The SMILES string of the molecule is C=N/C(N)=C1/C=C(Cl)C=C(I)/C1=N/C. The largest absolute Gasteiger partial charge is 0.383 e. The summed E-state index contributed by atoms with van der Waals surface area (Å²) in [7, 11) is 1.70. The molecule has 0 aromatic rings. The second-order valence-corrected chi connectivity index (χ2v) is 4.15. The lowest BCUT2D eigenvalue weighted by Crippen LogP contribution is -2.11. The summed E-state index contributed by atoms with van der Waals surface area (Å²) in [5, 5.41) is 0.614. The number of aliphatic imine (C=N–C) groups is 2. The smallest absolute Gasteiger partial charge is 0.132 e. The Labute approximate surface area is 101 Å². The minimum absolute atomic E-state index is 0.339. The Hall–Kier alpha value is -0.620. The summed E-state index contributed by atoms with van der Waals surface area (Å²) < 4.78 is 0.944. The van der Waals surface area contributed by atoms with E-state index in [1.807, 2.05) is 6.08 Å². The van der Waals surface area contributed by atoms with Gasteiger partial charge in [0.2, 0.25) is 0 Å². The number of rotatable bonds is 1. The molecule has 0 bridgehead atoms. The van der Waals surface area contributed by atoms with Crippen molar-refractivity contribution < 1.29 is 0 Å². The van der Waals surface area contributed by atoms with E-state index < -0.39 is 0 Å². The minimum Gasteiger partial charge on any atom is -0.383 e. The molecular weight excluding hydrogens is 312 g/mol. The molecule has 0 atom stereocenters.